The van der Waals surface area contributed by atoms with Crippen LogP contribution in [0.15, 0.2) is 39.3 Å². The highest BCUT2D eigenvalue weighted by Crippen LogP contribution is 2.31. The highest BCUT2D eigenvalue weighted by atomic mass is 79.9. The number of anilines is 1. The van der Waals surface area contributed by atoms with Crippen LogP contribution in [0.2, 0.25) is 5.02 Å². The Morgan fingerprint density at radius 2 is 1.90 bits per heavy atom. The van der Waals surface area contributed by atoms with E-state index in [1.807, 2.05) is 32.0 Å². The molecular weight excluding hydrogens is 408 g/mol. The van der Waals surface area contributed by atoms with Gasteiger partial charge >= 0.3 is 0 Å². The first-order chi connectivity index (χ1) is 9.38. The minimum Gasteiger partial charge on any atom is -0.378 e. The van der Waals surface area contributed by atoms with Crippen LogP contribution in [0.4, 0.5) is 10.1 Å². The summed E-state index contributed by atoms with van der Waals surface area (Å²) in [6, 6.07) is 8.97. The number of hydrogen-bond donors (Lipinski definition) is 1. The van der Waals surface area contributed by atoms with E-state index in [-0.39, 0.29) is 11.9 Å². The van der Waals surface area contributed by atoms with Crippen LogP contribution in [0.5, 0.6) is 0 Å². The van der Waals surface area contributed by atoms with Gasteiger partial charge in [0.05, 0.1) is 10.5 Å². The molecule has 0 aliphatic carbocycles. The molecule has 2 rings (SSSR count). The zero-order valence-electron chi connectivity index (χ0n) is 11.0. The van der Waals surface area contributed by atoms with Crippen molar-refractivity contribution in [3.8, 4) is 0 Å². The van der Waals surface area contributed by atoms with Crippen LogP contribution in [0.1, 0.15) is 24.1 Å². The molecule has 0 bridgehead atoms. The maximum absolute atomic E-state index is 13.6. The standard InChI is InChI=1S/C15H13Br2ClFN/c1-8-5-12(17)14(19)7-15(8)20-9(2)11-4-3-10(16)6-13(11)18/h3-7,9,20H,1-2H3. The molecule has 0 saturated heterocycles. The summed E-state index contributed by atoms with van der Waals surface area (Å²) in [4.78, 5) is 0. The molecule has 106 valence electrons. The molecule has 5 heteroatoms. The van der Waals surface area contributed by atoms with Gasteiger partial charge in [-0.05, 0) is 65.2 Å². The van der Waals surface area contributed by atoms with Crippen LogP contribution in [-0.2, 0) is 0 Å². The third kappa shape index (κ3) is 3.54. The highest BCUT2D eigenvalue weighted by Gasteiger charge is 2.12. The molecule has 2 aromatic carbocycles. The quantitative estimate of drug-likeness (QED) is 0.598. The van der Waals surface area contributed by atoms with E-state index in [2.05, 4.69) is 37.2 Å². The van der Waals surface area contributed by atoms with E-state index in [0.717, 1.165) is 21.3 Å². The maximum atomic E-state index is 13.6. The zero-order valence-corrected chi connectivity index (χ0v) is 14.9. The number of nitrogens with one attached hydrogen (secondary N) is 1. The maximum Gasteiger partial charge on any atom is 0.139 e. The van der Waals surface area contributed by atoms with Gasteiger partial charge in [0.1, 0.15) is 5.82 Å². The van der Waals surface area contributed by atoms with Crippen molar-refractivity contribution in [3.05, 3.63) is 61.2 Å². The van der Waals surface area contributed by atoms with E-state index >= 15 is 0 Å². The fourth-order valence-corrected chi connectivity index (χ4v) is 3.26. The van der Waals surface area contributed by atoms with Gasteiger partial charge in [0, 0.05) is 15.2 Å². The molecule has 0 spiro atoms. The Morgan fingerprint density at radius 3 is 2.55 bits per heavy atom. The van der Waals surface area contributed by atoms with Crippen molar-refractivity contribution in [2.45, 2.75) is 19.9 Å². The molecule has 1 nitrogen and oxygen atoms in total. The van der Waals surface area contributed by atoms with Gasteiger partial charge in [-0.2, -0.15) is 0 Å². The zero-order chi connectivity index (χ0) is 14.9. The monoisotopic (exact) mass is 419 g/mol. The van der Waals surface area contributed by atoms with Gasteiger partial charge in [-0.3, -0.25) is 0 Å². The van der Waals surface area contributed by atoms with Crippen molar-refractivity contribution in [1.82, 2.24) is 0 Å². The molecule has 2 aromatic rings. The first-order valence-corrected chi connectivity index (χ1v) is 8.02. The van der Waals surface area contributed by atoms with E-state index in [1.54, 1.807) is 6.07 Å². The van der Waals surface area contributed by atoms with Crippen LogP contribution in [0.3, 0.4) is 0 Å². The molecule has 0 aliphatic rings. The smallest absolute Gasteiger partial charge is 0.139 e. The summed E-state index contributed by atoms with van der Waals surface area (Å²) in [5.74, 6) is -0.285. The minimum absolute atomic E-state index is 0.0186. The lowest BCUT2D eigenvalue weighted by atomic mass is 10.1. The predicted octanol–water partition coefficient (Wildman–Crippen LogP) is 6.49. The normalized spacial score (nSPS) is 12.3. The van der Waals surface area contributed by atoms with Crippen molar-refractivity contribution < 1.29 is 4.39 Å². The Kier molecular flexibility index (Phi) is 5.10. The third-order valence-corrected chi connectivity index (χ3v) is 4.50. The SMILES string of the molecule is Cc1cc(Br)c(F)cc1NC(C)c1ccc(Br)cc1Cl. The summed E-state index contributed by atoms with van der Waals surface area (Å²) in [6.07, 6.45) is 0. The Bertz CT molecular complexity index is 646. The molecule has 0 radical (unpaired) electrons. The summed E-state index contributed by atoms with van der Waals surface area (Å²) >= 11 is 12.8. The van der Waals surface area contributed by atoms with Crippen molar-refractivity contribution >= 4 is 49.1 Å². The number of benzene rings is 2. The average Bonchev–Trinajstić information content (AvgIpc) is 2.35. The minimum atomic E-state index is -0.285. The van der Waals surface area contributed by atoms with Crippen LogP contribution in [0, 0.1) is 12.7 Å². The lowest BCUT2D eigenvalue weighted by Gasteiger charge is -2.19. The molecular formula is C15H13Br2ClFN. The first-order valence-electron chi connectivity index (χ1n) is 6.05. The van der Waals surface area contributed by atoms with Crippen molar-refractivity contribution in [2.75, 3.05) is 5.32 Å². The number of hydrogen-bond acceptors (Lipinski definition) is 1. The molecule has 1 atom stereocenters. The number of aryl methyl sites for hydroxylation is 1. The lowest BCUT2D eigenvalue weighted by molar-refractivity contribution is 0.620. The Balaban J connectivity index is 2.27. The fourth-order valence-electron chi connectivity index (χ4n) is 1.97. The molecule has 0 fully saturated rings. The molecule has 0 saturated carbocycles. The molecule has 0 amide bonds. The van der Waals surface area contributed by atoms with E-state index in [1.165, 1.54) is 6.07 Å². The molecule has 20 heavy (non-hydrogen) atoms. The van der Waals surface area contributed by atoms with Crippen molar-refractivity contribution in [3.63, 3.8) is 0 Å². The lowest BCUT2D eigenvalue weighted by Crippen LogP contribution is -2.08. The number of rotatable bonds is 3. The highest BCUT2D eigenvalue weighted by molar-refractivity contribution is 9.10. The molecule has 0 aliphatic heterocycles. The van der Waals surface area contributed by atoms with E-state index < -0.39 is 0 Å². The van der Waals surface area contributed by atoms with Gasteiger partial charge in [0.15, 0.2) is 0 Å². The van der Waals surface area contributed by atoms with Gasteiger partial charge in [-0.1, -0.05) is 33.6 Å². The van der Waals surface area contributed by atoms with Gasteiger partial charge in [-0.25, -0.2) is 4.39 Å². The van der Waals surface area contributed by atoms with Crippen LogP contribution >= 0.6 is 43.5 Å². The second kappa shape index (κ2) is 6.46. The van der Waals surface area contributed by atoms with E-state index in [0.29, 0.717) is 9.50 Å². The fraction of sp³-hybridized carbons (Fsp3) is 0.200. The molecule has 0 aromatic heterocycles. The molecule has 1 unspecified atom stereocenters. The number of halogens is 4. The van der Waals surface area contributed by atoms with Gasteiger partial charge in [0.2, 0.25) is 0 Å². The van der Waals surface area contributed by atoms with Gasteiger partial charge < -0.3 is 5.32 Å². The third-order valence-electron chi connectivity index (χ3n) is 3.07. The Labute approximate surface area is 139 Å². The van der Waals surface area contributed by atoms with E-state index in [4.69, 9.17) is 11.6 Å². The predicted molar refractivity (Wildman–Crippen MR) is 90.0 cm³/mol. The summed E-state index contributed by atoms with van der Waals surface area (Å²) in [5.41, 5.74) is 2.70. The topological polar surface area (TPSA) is 12.0 Å². The first kappa shape index (κ1) is 15.8. The second-order valence-corrected chi connectivity index (χ2v) is 6.79. The van der Waals surface area contributed by atoms with Crippen molar-refractivity contribution in [2.24, 2.45) is 0 Å². The average molecular weight is 422 g/mol. The second-order valence-electron chi connectivity index (χ2n) is 4.61. The summed E-state index contributed by atoms with van der Waals surface area (Å²) in [7, 11) is 0. The Morgan fingerprint density at radius 1 is 1.20 bits per heavy atom. The van der Waals surface area contributed by atoms with Crippen LogP contribution in [-0.4, -0.2) is 0 Å². The molecule has 0 heterocycles. The molecule has 1 N–H and O–H groups in total. The summed E-state index contributed by atoms with van der Waals surface area (Å²) in [5, 5.41) is 3.97. The van der Waals surface area contributed by atoms with Crippen molar-refractivity contribution in [1.29, 1.82) is 0 Å². The largest absolute Gasteiger partial charge is 0.378 e. The Hall–Kier alpha value is -0.580. The van der Waals surface area contributed by atoms with E-state index in [9.17, 15) is 4.39 Å². The summed E-state index contributed by atoms with van der Waals surface area (Å²) in [6.45, 7) is 3.93. The van der Waals surface area contributed by atoms with Crippen LogP contribution < -0.4 is 5.32 Å². The summed E-state index contributed by atoms with van der Waals surface area (Å²) < 4.78 is 15.0. The van der Waals surface area contributed by atoms with Gasteiger partial charge in [-0.15, -0.1) is 0 Å². The van der Waals surface area contributed by atoms with Gasteiger partial charge in [0.25, 0.3) is 0 Å². The van der Waals surface area contributed by atoms with Crippen LogP contribution in [0.25, 0.3) is 0 Å².